The summed E-state index contributed by atoms with van der Waals surface area (Å²) in [7, 11) is 1.74. The summed E-state index contributed by atoms with van der Waals surface area (Å²) in [6, 6.07) is 7.54. The molecule has 170 valence electrons. The van der Waals surface area contributed by atoms with Gasteiger partial charge in [-0.15, -0.1) is 24.0 Å². The van der Waals surface area contributed by atoms with Crippen LogP contribution < -0.4 is 10.2 Å². The lowest BCUT2D eigenvalue weighted by Crippen LogP contribution is -2.52. The maximum absolute atomic E-state index is 14.1. The van der Waals surface area contributed by atoms with E-state index in [1.807, 2.05) is 40.9 Å². The van der Waals surface area contributed by atoms with Gasteiger partial charge in [0.25, 0.3) is 0 Å². The van der Waals surface area contributed by atoms with E-state index < -0.39 is 11.6 Å². The number of guanidine groups is 1. The van der Waals surface area contributed by atoms with Crippen LogP contribution in [-0.2, 0) is 6.54 Å². The van der Waals surface area contributed by atoms with Crippen molar-refractivity contribution in [2.45, 2.75) is 13.5 Å². The number of nitrogens with one attached hydrogen (secondary N) is 1. The highest BCUT2D eigenvalue weighted by Gasteiger charge is 2.22. The van der Waals surface area contributed by atoms with E-state index in [0.717, 1.165) is 29.2 Å². The topological polar surface area (TPSA) is 61.6 Å². The van der Waals surface area contributed by atoms with Crippen molar-refractivity contribution in [3.05, 3.63) is 71.9 Å². The van der Waals surface area contributed by atoms with Gasteiger partial charge in [-0.25, -0.2) is 18.7 Å². The Bertz CT molecular complexity index is 1060. The van der Waals surface area contributed by atoms with Crippen LogP contribution in [0.3, 0.4) is 0 Å². The first-order chi connectivity index (χ1) is 15.0. The van der Waals surface area contributed by atoms with Crippen molar-refractivity contribution in [1.82, 2.24) is 24.8 Å². The predicted molar refractivity (Wildman–Crippen MR) is 132 cm³/mol. The van der Waals surface area contributed by atoms with Gasteiger partial charge >= 0.3 is 0 Å². The summed E-state index contributed by atoms with van der Waals surface area (Å²) < 4.78 is 29.5. The Balaban J connectivity index is 0.00000289. The van der Waals surface area contributed by atoms with Crippen LogP contribution in [0, 0.1) is 18.6 Å². The minimum Gasteiger partial charge on any atom is -0.366 e. The fourth-order valence-corrected chi connectivity index (χ4v) is 3.68. The number of anilines is 1. The van der Waals surface area contributed by atoms with Crippen LogP contribution in [0.1, 0.15) is 11.4 Å². The standard InChI is InChI=1S/C22H25F2N7.HI/c1-16-26-7-8-31(16)21-6-3-17(14-27-21)15-28-22(25-2)30-11-9-29(10-12-30)20-13-18(23)4-5-19(20)24;/h3-8,13-14H,9-12,15H2,1-2H3,(H,25,28);1H. The molecule has 4 rings (SSSR count). The van der Waals surface area contributed by atoms with Crippen LogP contribution >= 0.6 is 24.0 Å². The van der Waals surface area contributed by atoms with Gasteiger partial charge in [-0.05, 0) is 30.7 Å². The van der Waals surface area contributed by atoms with Gasteiger partial charge in [-0.1, -0.05) is 6.07 Å². The highest BCUT2D eigenvalue weighted by atomic mass is 127. The average molecular weight is 553 g/mol. The maximum atomic E-state index is 14.1. The maximum Gasteiger partial charge on any atom is 0.194 e. The van der Waals surface area contributed by atoms with Crippen LogP contribution in [0.5, 0.6) is 0 Å². The van der Waals surface area contributed by atoms with Gasteiger partial charge in [0.05, 0.1) is 5.69 Å². The Kier molecular flexibility index (Phi) is 7.99. The molecule has 0 saturated carbocycles. The summed E-state index contributed by atoms with van der Waals surface area (Å²) in [5, 5.41) is 3.36. The lowest BCUT2D eigenvalue weighted by molar-refractivity contribution is 0.370. The zero-order valence-corrected chi connectivity index (χ0v) is 20.3. The third kappa shape index (κ3) is 5.34. The van der Waals surface area contributed by atoms with E-state index in [1.54, 1.807) is 13.2 Å². The average Bonchev–Trinajstić information content (AvgIpc) is 3.22. The Morgan fingerprint density at radius 1 is 1.09 bits per heavy atom. The number of aromatic nitrogens is 3. The molecule has 10 heteroatoms. The molecule has 3 heterocycles. The zero-order valence-electron chi connectivity index (χ0n) is 18.0. The van der Waals surface area contributed by atoms with Crippen LogP contribution in [0.4, 0.5) is 14.5 Å². The number of piperazine rings is 1. The second-order valence-corrected chi connectivity index (χ2v) is 7.34. The van der Waals surface area contributed by atoms with Gasteiger partial charge in [0.15, 0.2) is 5.96 Å². The monoisotopic (exact) mass is 553 g/mol. The smallest absolute Gasteiger partial charge is 0.194 e. The Morgan fingerprint density at radius 3 is 2.50 bits per heavy atom. The molecule has 7 nitrogen and oxygen atoms in total. The fraction of sp³-hybridized carbons (Fsp3) is 0.318. The molecule has 0 aliphatic carbocycles. The third-order valence-electron chi connectivity index (χ3n) is 5.37. The lowest BCUT2D eigenvalue weighted by atomic mass is 10.2. The van der Waals surface area contributed by atoms with E-state index in [-0.39, 0.29) is 24.0 Å². The van der Waals surface area contributed by atoms with Crippen LogP contribution in [-0.4, -0.2) is 58.6 Å². The van der Waals surface area contributed by atoms with E-state index in [0.29, 0.717) is 38.4 Å². The van der Waals surface area contributed by atoms with Crippen LogP contribution in [0.2, 0.25) is 0 Å². The molecule has 1 N–H and O–H groups in total. The number of rotatable bonds is 4. The summed E-state index contributed by atoms with van der Waals surface area (Å²) in [6.07, 6.45) is 5.46. The Labute approximate surface area is 203 Å². The fourth-order valence-electron chi connectivity index (χ4n) is 3.68. The lowest BCUT2D eigenvalue weighted by Gasteiger charge is -2.37. The van der Waals surface area contributed by atoms with Crippen molar-refractivity contribution in [3.63, 3.8) is 0 Å². The summed E-state index contributed by atoms with van der Waals surface area (Å²) in [6.45, 7) is 5.01. The number of hydrogen-bond donors (Lipinski definition) is 1. The minimum atomic E-state index is -0.431. The quantitative estimate of drug-likeness (QED) is 0.305. The first kappa shape index (κ1) is 23.9. The second-order valence-electron chi connectivity index (χ2n) is 7.34. The molecule has 1 aliphatic rings. The number of imidazole rings is 1. The van der Waals surface area contributed by atoms with Gasteiger partial charge < -0.3 is 15.1 Å². The van der Waals surface area contributed by atoms with Gasteiger partial charge in [0, 0.05) is 64.4 Å². The number of nitrogens with zero attached hydrogens (tertiary/aromatic N) is 6. The summed E-state index contributed by atoms with van der Waals surface area (Å²) in [4.78, 5) is 17.1. The van der Waals surface area contributed by atoms with E-state index in [1.165, 1.54) is 12.1 Å². The van der Waals surface area contributed by atoms with E-state index in [9.17, 15) is 8.78 Å². The molecular weight excluding hydrogens is 527 g/mol. The normalized spacial score (nSPS) is 14.3. The Morgan fingerprint density at radius 2 is 1.88 bits per heavy atom. The van der Waals surface area contributed by atoms with Gasteiger partial charge in [0.2, 0.25) is 0 Å². The SMILES string of the molecule is CN=C(NCc1ccc(-n2ccnc2C)nc1)N1CCN(c2cc(F)ccc2F)CC1.I. The molecule has 3 aromatic rings. The Hall–Kier alpha value is -2.76. The highest BCUT2D eigenvalue weighted by Crippen LogP contribution is 2.22. The molecule has 1 fully saturated rings. The summed E-state index contributed by atoms with van der Waals surface area (Å²) in [5.74, 6) is 1.65. The number of pyridine rings is 1. The van der Waals surface area contributed by atoms with E-state index >= 15 is 0 Å². The first-order valence-electron chi connectivity index (χ1n) is 10.2. The molecule has 0 atom stereocenters. The molecule has 32 heavy (non-hydrogen) atoms. The van der Waals surface area contributed by atoms with E-state index in [4.69, 9.17) is 0 Å². The van der Waals surface area contributed by atoms with Crippen molar-refractivity contribution in [1.29, 1.82) is 0 Å². The number of benzene rings is 1. The summed E-state index contributed by atoms with van der Waals surface area (Å²) >= 11 is 0. The van der Waals surface area contributed by atoms with Crippen LogP contribution in [0.15, 0.2) is 53.9 Å². The molecular formula is C22H26F2IN7. The largest absolute Gasteiger partial charge is 0.366 e. The molecule has 0 unspecified atom stereocenters. The molecule has 0 amide bonds. The van der Waals surface area contributed by atoms with E-state index in [2.05, 4.69) is 25.2 Å². The van der Waals surface area contributed by atoms with Crippen molar-refractivity contribution in [3.8, 4) is 5.82 Å². The number of halogens is 3. The number of aliphatic imine (C=N–C) groups is 1. The molecule has 1 aliphatic heterocycles. The number of hydrogen-bond acceptors (Lipinski definition) is 4. The molecule has 0 bridgehead atoms. The third-order valence-corrected chi connectivity index (χ3v) is 5.37. The highest BCUT2D eigenvalue weighted by molar-refractivity contribution is 14.0. The second kappa shape index (κ2) is 10.7. The van der Waals surface area contributed by atoms with Crippen molar-refractivity contribution in [2.24, 2.45) is 4.99 Å². The van der Waals surface area contributed by atoms with Crippen molar-refractivity contribution >= 4 is 35.6 Å². The molecule has 1 saturated heterocycles. The molecule has 1 aromatic carbocycles. The molecule has 0 radical (unpaired) electrons. The van der Waals surface area contributed by atoms with Gasteiger partial charge in [-0.3, -0.25) is 9.56 Å². The zero-order chi connectivity index (χ0) is 21.8. The summed E-state index contributed by atoms with van der Waals surface area (Å²) in [5.41, 5.74) is 1.34. The first-order valence-corrected chi connectivity index (χ1v) is 10.2. The molecule has 0 spiro atoms. The van der Waals surface area contributed by atoms with Crippen LogP contribution in [0.25, 0.3) is 5.82 Å². The van der Waals surface area contributed by atoms with Crippen molar-refractivity contribution in [2.75, 3.05) is 38.1 Å². The number of aryl methyl sites for hydroxylation is 1. The minimum absolute atomic E-state index is 0. The predicted octanol–water partition coefficient (Wildman–Crippen LogP) is 3.37. The van der Waals surface area contributed by atoms with Crippen molar-refractivity contribution < 1.29 is 8.78 Å². The van der Waals surface area contributed by atoms with Gasteiger partial charge in [-0.2, -0.15) is 0 Å². The molecule has 2 aromatic heterocycles. The van der Waals surface area contributed by atoms with Gasteiger partial charge in [0.1, 0.15) is 23.3 Å².